The second-order valence-corrected chi connectivity index (χ2v) is 4.94. The van der Waals surface area contributed by atoms with E-state index in [9.17, 15) is 9.90 Å². The maximum atomic E-state index is 11.5. The lowest BCUT2D eigenvalue weighted by molar-refractivity contribution is -0.129. The second-order valence-electron chi connectivity index (χ2n) is 4.94. The zero-order valence-electron chi connectivity index (χ0n) is 9.11. The average molecular weight is 212 g/mol. The van der Waals surface area contributed by atoms with E-state index in [1.807, 2.05) is 4.90 Å². The summed E-state index contributed by atoms with van der Waals surface area (Å²) < 4.78 is 0. The fourth-order valence-electron chi connectivity index (χ4n) is 3.16. The summed E-state index contributed by atoms with van der Waals surface area (Å²) in [5, 5.41) is 9.55. The van der Waals surface area contributed by atoms with Crippen LogP contribution in [-0.2, 0) is 4.79 Å². The second kappa shape index (κ2) is 4.10. The number of nitrogens with two attached hydrogens (primary N) is 1. The van der Waals surface area contributed by atoms with Gasteiger partial charge in [-0.05, 0) is 18.8 Å². The quantitative estimate of drug-likeness (QED) is 0.675. The molecular weight excluding hydrogens is 192 g/mol. The van der Waals surface area contributed by atoms with E-state index >= 15 is 0 Å². The van der Waals surface area contributed by atoms with E-state index in [4.69, 9.17) is 5.73 Å². The van der Waals surface area contributed by atoms with Crippen LogP contribution in [0.1, 0.15) is 25.7 Å². The van der Waals surface area contributed by atoms with Gasteiger partial charge in [-0.25, -0.2) is 0 Å². The molecule has 1 saturated heterocycles. The molecule has 0 bridgehead atoms. The number of aliphatic hydroxyl groups is 1. The minimum absolute atomic E-state index is 0.0108. The molecule has 0 unspecified atom stereocenters. The van der Waals surface area contributed by atoms with Crippen LogP contribution in [0.4, 0.5) is 0 Å². The molecule has 86 valence electrons. The van der Waals surface area contributed by atoms with Gasteiger partial charge in [0.25, 0.3) is 0 Å². The predicted octanol–water partition coefficient (Wildman–Crippen LogP) is -0.0438. The van der Waals surface area contributed by atoms with Crippen molar-refractivity contribution in [1.29, 1.82) is 0 Å². The fraction of sp³-hybridized carbons (Fsp3) is 0.909. The highest BCUT2D eigenvalue weighted by molar-refractivity contribution is 5.78. The Morgan fingerprint density at radius 1 is 1.53 bits per heavy atom. The number of aliphatic hydroxyl groups excluding tert-OH is 1. The van der Waals surface area contributed by atoms with Crippen LogP contribution in [0.25, 0.3) is 0 Å². The highest BCUT2D eigenvalue weighted by Crippen LogP contribution is 2.46. The van der Waals surface area contributed by atoms with Gasteiger partial charge in [0, 0.05) is 18.5 Å². The van der Waals surface area contributed by atoms with Gasteiger partial charge in [-0.2, -0.15) is 0 Å². The molecule has 2 aliphatic rings. The van der Waals surface area contributed by atoms with Crippen LogP contribution in [-0.4, -0.2) is 42.2 Å². The topological polar surface area (TPSA) is 66.6 Å². The van der Waals surface area contributed by atoms with Gasteiger partial charge in [-0.15, -0.1) is 0 Å². The number of amides is 1. The number of carbonyl (C=O) groups excluding carboxylic acids is 1. The molecule has 2 fully saturated rings. The first kappa shape index (κ1) is 10.9. The van der Waals surface area contributed by atoms with Crippen molar-refractivity contribution in [2.45, 2.75) is 25.7 Å². The summed E-state index contributed by atoms with van der Waals surface area (Å²) >= 11 is 0. The molecule has 0 aromatic carbocycles. The average Bonchev–Trinajstić information content (AvgIpc) is 2.67. The van der Waals surface area contributed by atoms with Crippen molar-refractivity contribution in [2.24, 2.45) is 17.1 Å². The Morgan fingerprint density at radius 3 is 2.93 bits per heavy atom. The number of hydrogen-bond acceptors (Lipinski definition) is 3. The summed E-state index contributed by atoms with van der Waals surface area (Å²) in [6.07, 6.45) is 4.62. The van der Waals surface area contributed by atoms with Crippen molar-refractivity contribution in [3.63, 3.8) is 0 Å². The van der Waals surface area contributed by atoms with Gasteiger partial charge in [0.05, 0.1) is 13.2 Å². The van der Waals surface area contributed by atoms with Crippen molar-refractivity contribution < 1.29 is 9.90 Å². The van der Waals surface area contributed by atoms with Gasteiger partial charge in [0.2, 0.25) is 5.91 Å². The number of rotatable bonds is 2. The van der Waals surface area contributed by atoms with E-state index in [0.29, 0.717) is 12.5 Å². The van der Waals surface area contributed by atoms with Crippen molar-refractivity contribution in [1.82, 2.24) is 4.90 Å². The van der Waals surface area contributed by atoms with Gasteiger partial charge in [-0.3, -0.25) is 4.79 Å². The zero-order valence-corrected chi connectivity index (χ0v) is 9.11. The summed E-state index contributed by atoms with van der Waals surface area (Å²) in [6.45, 7) is 1.82. The zero-order chi connectivity index (χ0) is 10.9. The van der Waals surface area contributed by atoms with E-state index in [1.54, 1.807) is 0 Å². The lowest BCUT2D eigenvalue weighted by Gasteiger charge is -2.36. The van der Waals surface area contributed by atoms with Gasteiger partial charge in [0.15, 0.2) is 0 Å². The Bertz CT molecular complexity index is 257. The van der Waals surface area contributed by atoms with Crippen molar-refractivity contribution in [2.75, 3.05) is 26.2 Å². The Balaban J connectivity index is 2.10. The molecule has 1 aliphatic carbocycles. The molecule has 4 heteroatoms. The normalized spacial score (nSPS) is 35.3. The maximum absolute atomic E-state index is 11.5. The molecule has 0 radical (unpaired) electrons. The van der Waals surface area contributed by atoms with Crippen LogP contribution in [0.5, 0.6) is 0 Å². The minimum atomic E-state index is -0.0108. The summed E-state index contributed by atoms with van der Waals surface area (Å²) in [5.41, 5.74) is 5.36. The lowest BCUT2D eigenvalue weighted by Crippen LogP contribution is -2.38. The van der Waals surface area contributed by atoms with E-state index in [-0.39, 0.29) is 24.5 Å². The van der Waals surface area contributed by atoms with E-state index in [2.05, 4.69) is 0 Å². The maximum Gasteiger partial charge on any atom is 0.236 e. The third kappa shape index (κ3) is 1.76. The molecule has 15 heavy (non-hydrogen) atoms. The number of carbonyl (C=O) groups is 1. The largest absolute Gasteiger partial charge is 0.396 e. The number of hydrogen-bond donors (Lipinski definition) is 2. The highest BCUT2D eigenvalue weighted by Gasteiger charge is 2.48. The Labute approximate surface area is 90.4 Å². The smallest absolute Gasteiger partial charge is 0.236 e. The van der Waals surface area contributed by atoms with Crippen LogP contribution >= 0.6 is 0 Å². The molecule has 2 atom stereocenters. The lowest BCUT2D eigenvalue weighted by atomic mass is 9.69. The minimum Gasteiger partial charge on any atom is -0.396 e. The van der Waals surface area contributed by atoms with Crippen LogP contribution in [0.2, 0.25) is 0 Å². The van der Waals surface area contributed by atoms with Gasteiger partial charge in [-0.1, -0.05) is 12.8 Å². The molecule has 2 rings (SSSR count). The van der Waals surface area contributed by atoms with Crippen LogP contribution in [0.3, 0.4) is 0 Å². The highest BCUT2D eigenvalue weighted by atomic mass is 16.3. The van der Waals surface area contributed by atoms with Crippen LogP contribution < -0.4 is 5.73 Å². The first-order chi connectivity index (χ1) is 7.22. The first-order valence-electron chi connectivity index (χ1n) is 5.80. The molecule has 0 aromatic heterocycles. The van der Waals surface area contributed by atoms with E-state index < -0.39 is 0 Å². The molecule has 3 N–H and O–H groups in total. The molecule has 4 nitrogen and oxygen atoms in total. The number of likely N-dealkylation sites (tertiary alicyclic amines) is 1. The Kier molecular flexibility index (Phi) is 2.98. The van der Waals surface area contributed by atoms with E-state index in [1.165, 1.54) is 12.8 Å². The van der Waals surface area contributed by atoms with Crippen molar-refractivity contribution >= 4 is 5.91 Å². The Morgan fingerprint density at radius 2 is 2.33 bits per heavy atom. The molecule has 0 aromatic rings. The summed E-state index contributed by atoms with van der Waals surface area (Å²) in [6, 6.07) is 0. The molecule has 0 spiro atoms. The third-order valence-corrected chi connectivity index (χ3v) is 4.13. The standard InChI is InChI=1S/C11H20N2O2/c12-5-10(15)13-6-9-3-1-2-4-11(9,7-13)8-14/h9,14H,1-8,12H2/t9-,11-/m1/s1. The Hall–Kier alpha value is -0.610. The van der Waals surface area contributed by atoms with Gasteiger partial charge >= 0.3 is 0 Å². The molecule has 1 amide bonds. The van der Waals surface area contributed by atoms with Crippen molar-refractivity contribution in [3.8, 4) is 0 Å². The molecule has 1 aliphatic heterocycles. The number of fused-ring (bicyclic) bond motifs is 1. The first-order valence-corrected chi connectivity index (χ1v) is 5.80. The monoisotopic (exact) mass is 212 g/mol. The van der Waals surface area contributed by atoms with Gasteiger partial charge < -0.3 is 15.7 Å². The van der Waals surface area contributed by atoms with E-state index in [0.717, 1.165) is 19.4 Å². The summed E-state index contributed by atoms with van der Waals surface area (Å²) in [4.78, 5) is 13.4. The number of nitrogens with zero attached hydrogens (tertiary/aromatic N) is 1. The van der Waals surface area contributed by atoms with Crippen molar-refractivity contribution in [3.05, 3.63) is 0 Å². The SMILES string of the molecule is NCC(=O)N1C[C@H]2CCCC[C@]2(CO)C1. The summed E-state index contributed by atoms with van der Waals surface area (Å²) in [7, 11) is 0. The van der Waals surface area contributed by atoms with Crippen LogP contribution in [0, 0.1) is 11.3 Å². The molecular formula is C11H20N2O2. The summed E-state index contributed by atoms with van der Waals surface area (Å²) in [5.74, 6) is 0.518. The molecule has 1 heterocycles. The predicted molar refractivity (Wildman–Crippen MR) is 57.1 cm³/mol. The van der Waals surface area contributed by atoms with Gasteiger partial charge in [0.1, 0.15) is 0 Å². The third-order valence-electron chi connectivity index (χ3n) is 4.13. The fourth-order valence-corrected chi connectivity index (χ4v) is 3.16. The molecule has 1 saturated carbocycles. The van der Waals surface area contributed by atoms with Crippen LogP contribution in [0.15, 0.2) is 0 Å².